The first-order valence-corrected chi connectivity index (χ1v) is 7.67. The number of hydrogen-bond donors (Lipinski definition) is 3. The van der Waals surface area contributed by atoms with E-state index >= 15 is 0 Å². The number of anilines is 1. The highest BCUT2D eigenvalue weighted by atomic mass is 16.5. The molecule has 1 saturated carbocycles. The summed E-state index contributed by atoms with van der Waals surface area (Å²) in [5.74, 6) is -0.706. The molecule has 7 heteroatoms. The van der Waals surface area contributed by atoms with E-state index in [1.54, 1.807) is 16.4 Å². The molecule has 3 rings (SSSR count). The molecule has 7 nitrogen and oxygen atoms in total. The average Bonchev–Trinajstić information content (AvgIpc) is 3.33. The van der Waals surface area contributed by atoms with E-state index in [0.29, 0.717) is 17.8 Å². The van der Waals surface area contributed by atoms with Crippen molar-refractivity contribution >= 4 is 23.4 Å². The molecule has 0 bridgehead atoms. The van der Waals surface area contributed by atoms with Crippen molar-refractivity contribution in [3.8, 4) is 0 Å². The van der Waals surface area contributed by atoms with Crippen LogP contribution in [0.5, 0.6) is 0 Å². The zero-order valence-electron chi connectivity index (χ0n) is 12.9. The summed E-state index contributed by atoms with van der Waals surface area (Å²) in [6.45, 7) is 2.55. The van der Waals surface area contributed by atoms with Crippen LogP contribution in [0.1, 0.15) is 40.7 Å². The Morgan fingerprint density at radius 3 is 2.74 bits per heavy atom. The van der Waals surface area contributed by atoms with Gasteiger partial charge in [0.25, 0.3) is 5.91 Å². The molecule has 1 aliphatic carbocycles. The van der Waals surface area contributed by atoms with Gasteiger partial charge in [0.1, 0.15) is 0 Å². The van der Waals surface area contributed by atoms with Gasteiger partial charge in [-0.2, -0.15) is 0 Å². The van der Waals surface area contributed by atoms with Gasteiger partial charge in [-0.1, -0.05) is 6.07 Å². The lowest BCUT2D eigenvalue weighted by atomic mass is 10.0. The fraction of sp³-hybridized carbons (Fsp3) is 0.438. The van der Waals surface area contributed by atoms with Crippen molar-refractivity contribution in [3.63, 3.8) is 0 Å². The van der Waals surface area contributed by atoms with Crippen LogP contribution in [0.3, 0.4) is 0 Å². The summed E-state index contributed by atoms with van der Waals surface area (Å²) in [6.07, 6.45) is 1.82. The summed E-state index contributed by atoms with van der Waals surface area (Å²) in [4.78, 5) is 37.3. The van der Waals surface area contributed by atoms with Gasteiger partial charge in [-0.05, 0) is 37.0 Å². The molecular weight excluding hydrogens is 298 g/mol. The first kappa shape index (κ1) is 15.5. The van der Waals surface area contributed by atoms with Crippen LogP contribution in [0.4, 0.5) is 5.69 Å². The number of amides is 3. The molecule has 1 heterocycles. The highest BCUT2D eigenvalue weighted by molar-refractivity contribution is 6.07. The summed E-state index contributed by atoms with van der Waals surface area (Å²) in [5, 5.41) is 11.4. The second-order valence-electron chi connectivity index (χ2n) is 6.06. The molecule has 0 radical (unpaired) electrons. The molecule has 3 amide bonds. The first-order chi connectivity index (χ1) is 11.0. The van der Waals surface area contributed by atoms with E-state index in [1.807, 2.05) is 13.0 Å². The Morgan fingerprint density at radius 2 is 2.09 bits per heavy atom. The molecule has 0 aromatic heterocycles. The van der Waals surface area contributed by atoms with E-state index in [4.69, 9.17) is 5.21 Å². The minimum absolute atomic E-state index is 0.0268. The number of hydrogen-bond acceptors (Lipinski definition) is 4. The van der Waals surface area contributed by atoms with Crippen LogP contribution in [-0.2, 0) is 16.1 Å². The number of nitrogens with zero attached hydrogens (tertiary/aromatic N) is 1. The number of rotatable bonds is 5. The van der Waals surface area contributed by atoms with Gasteiger partial charge < -0.3 is 10.2 Å². The van der Waals surface area contributed by atoms with Crippen LogP contribution >= 0.6 is 0 Å². The second kappa shape index (κ2) is 6.00. The fourth-order valence-electron chi connectivity index (χ4n) is 2.78. The zero-order valence-corrected chi connectivity index (χ0v) is 12.9. The number of benzene rings is 1. The van der Waals surface area contributed by atoms with Crippen molar-refractivity contribution in [3.05, 3.63) is 28.8 Å². The first-order valence-electron chi connectivity index (χ1n) is 7.67. The van der Waals surface area contributed by atoms with Crippen LogP contribution in [0.2, 0.25) is 0 Å². The topological polar surface area (TPSA) is 98.7 Å². The number of aryl methyl sites for hydroxylation is 1. The maximum Gasteiger partial charge on any atom is 0.256 e. The van der Waals surface area contributed by atoms with Gasteiger partial charge in [-0.25, -0.2) is 5.48 Å². The number of carbonyl (C=O) groups is 3. The highest BCUT2D eigenvalue weighted by Crippen LogP contribution is 2.34. The van der Waals surface area contributed by atoms with E-state index in [2.05, 4.69) is 5.32 Å². The van der Waals surface area contributed by atoms with Gasteiger partial charge >= 0.3 is 0 Å². The molecule has 1 aromatic rings. The van der Waals surface area contributed by atoms with Crippen LogP contribution in [0, 0.1) is 12.8 Å². The maximum atomic E-state index is 12.6. The molecule has 3 N–H and O–H groups in total. The SMILES string of the molecule is Cc1ccc(NC(=O)C2CC2)c2c1CN(CCC(=O)NO)C2=O. The number of nitrogens with one attached hydrogen (secondary N) is 2. The largest absolute Gasteiger partial charge is 0.334 e. The lowest BCUT2D eigenvalue weighted by molar-refractivity contribution is -0.129. The highest BCUT2D eigenvalue weighted by Gasteiger charge is 2.34. The van der Waals surface area contributed by atoms with E-state index < -0.39 is 5.91 Å². The van der Waals surface area contributed by atoms with Gasteiger partial charge in [0.2, 0.25) is 11.8 Å². The van der Waals surface area contributed by atoms with Gasteiger partial charge in [0.15, 0.2) is 0 Å². The van der Waals surface area contributed by atoms with E-state index in [1.165, 1.54) is 0 Å². The smallest absolute Gasteiger partial charge is 0.256 e. The third-order valence-electron chi connectivity index (χ3n) is 4.34. The molecule has 0 unspecified atom stereocenters. The number of fused-ring (bicyclic) bond motifs is 1. The van der Waals surface area contributed by atoms with Crippen LogP contribution in [0.15, 0.2) is 12.1 Å². The molecule has 23 heavy (non-hydrogen) atoms. The maximum absolute atomic E-state index is 12.6. The third kappa shape index (κ3) is 3.05. The monoisotopic (exact) mass is 317 g/mol. The molecule has 1 aromatic carbocycles. The van der Waals surface area contributed by atoms with E-state index in [-0.39, 0.29) is 30.7 Å². The van der Waals surface area contributed by atoms with Crippen molar-refractivity contribution in [2.45, 2.75) is 32.7 Å². The van der Waals surface area contributed by atoms with Gasteiger partial charge in [-0.15, -0.1) is 0 Å². The van der Waals surface area contributed by atoms with E-state index in [9.17, 15) is 14.4 Å². The zero-order chi connectivity index (χ0) is 16.6. The van der Waals surface area contributed by atoms with Gasteiger partial charge in [0.05, 0.1) is 11.3 Å². The summed E-state index contributed by atoms with van der Waals surface area (Å²) < 4.78 is 0. The molecule has 2 aliphatic rings. The summed E-state index contributed by atoms with van der Waals surface area (Å²) >= 11 is 0. The lowest BCUT2D eigenvalue weighted by Crippen LogP contribution is -2.30. The molecule has 0 spiro atoms. The Labute approximate surface area is 133 Å². The fourth-order valence-corrected chi connectivity index (χ4v) is 2.78. The predicted octanol–water partition coefficient (Wildman–Crippen LogP) is 1.19. The molecule has 1 fully saturated rings. The number of carbonyl (C=O) groups excluding carboxylic acids is 3. The quantitative estimate of drug-likeness (QED) is 0.561. The molecule has 0 saturated heterocycles. The van der Waals surface area contributed by atoms with Crippen LogP contribution in [-0.4, -0.2) is 34.4 Å². The summed E-state index contributed by atoms with van der Waals surface area (Å²) in [5.41, 5.74) is 4.48. The van der Waals surface area contributed by atoms with Gasteiger partial charge in [-0.3, -0.25) is 19.6 Å². The van der Waals surface area contributed by atoms with Crippen molar-refractivity contribution in [1.29, 1.82) is 0 Å². The van der Waals surface area contributed by atoms with Crippen molar-refractivity contribution in [1.82, 2.24) is 10.4 Å². The van der Waals surface area contributed by atoms with Crippen LogP contribution < -0.4 is 10.8 Å². The molecular formula is C16H19N3O4. The van der Waals surface area contributed by atoms with Crippen LogP contribution in [0.25, 0.3) is 0 Å². The Bertz CT molecular complexity index is 682. The van der Waals surface area contributed by atoms with E-state index in [0.717, 1.165) is 24.0 Å². The number of hydroxylamine groups is 1. The Kier molecular flexibility index (Phi) is 4.04. The molecule has 1 aliphatic heterocycles. The van der Waals surface area contributed by atoms with Gasteiger partial charge in [0, 0.05) is 25.4 Å². The second-order valence-corrected chi connectivity index (χ2v) is 6.06. The Hall–Kier alpha value is -2.41. The van der Waals surface area contributed by atoms with Crippen molar-refractivity contribution < 1.29 is 19.6 Å². The average molecular weight is 317 g/mol. The summed E-state index contributed by atoms with van der Waals surface area (Å²) in [7, 11) is 0. The predicted molar refractivity (Wildman–Crippen MR) is 81.8 cm³/mol. The summed E-state index contributed by atoms with van der Waals surface area (Å²) in [6, 6.07) is 3.65. The van der Waals surface area contributed by atoms with Crippen molar-refractivity contribution in [2.24, 2.45) is 5.92 Å². The third-order valence-corrected chi connectivity index (χ3v) is 4.34. The standard InChI is InChI=1S/C16H19N3O4/c1-9-2-5-12(17-15(21)10-3-4-10)14-11(9)8-19(16(14)22)7-6-13(20)18-23/h2,5,10,23H,3-4,6-8H2,1H3,(H,17,21)(H,18,20). The molecule has 0 atom stereocenters. The minimum atomic E-state index is -0.535. The lowest BCUT2D eigenvalue weighted by Gasteiger charge is -2.14. The van der Waals surface area contributed by atoms with Crippen molar-refractivity contribution in [2.75, 3.05) is 11.9 Å². The normalized spacial score (nSPS) is 16.3. The minimum Gasteiger partial charge on any atom is -0.334 e. The Morgan fingerprint density at radius 1 is 1.35 bits per heavy atom. The Balaban J connectivity index is 1.80. The molecule has 122 valence electrons.